The highest BCUT2D eigenvalue weighted by Crippen LogP contribution is 2.31. The molecule has 2 aromatic carbocycles. The number of carbonyl (C=O) groups is 1. The Morgan fingerprint density at radius 1 is 1.08 bits per heavy atom. The summed E-state index contributed by atoms with van der Waals surface area (Å²) in [6.07, 6.45) is 0.988. The van der Waals surface area contributed by atoms with Gasteiger partial charge in [-0.2, -0.15) is 0 Å². The SMILES string of the molecule is COc1cc2c(cc1OC)C[NH+](Cc1ccc(C(=O)[O-])cc1)CC2. The number of carbonyl (C=O) groups excluding carboxylic acids is 1. The Labute approximate surface area is 141 Å². The number of ether oxygens (including phenoxy) is 2. The normalized spacial score (nSPS) is 16.3. The minimum atomic E-state index is -1.14. The molecule has 0 aliphatic carbocycles. The van der Waals surface area contributed by atoms with Gasteiger partial charge in [-0.15, -0.1) is 0 Å². The van der Waals surface area contributed by atoms with Crippen molar-refractivity contribution < 1.29 is 24.3 Å². The fourth-order valence-corrected chi connectivity index (χ4v) is 3.23. The maximum absolute atomic E-state index is 10.8. The van der Waals surface area contributed by atoms with Crippen molar-refractivity contribution in [1.82, 2.24) is 0 Å². The summed E-state index contributed by atoms with van der Waals surface area (Å²) in [5, 5.41) is 10.8. The fourth-order valence-electron chi connectivity index (χ4n) is 3.23. The standard InChI is InChI=1S/C19H21NO4/c1-23-17-9-15-7-8-20(12-16(15)10-18(17)24-2)11-13-3-5-14(6-4-13)19(21)22/h3-6,9-10H,7-8,11-12H2,1-2H3,(H,21,22). The smallest absolute Gasteiger partial charge is 0.161 e. The van der Waals surface area contributed by atoms with Gasteiger partial charge < -0.3 is 24.3 Å². The Bertz CT molecular complexity index is 740. The third-order valence-corrected chi connectivity index (χ3v) is 4.54. The maximum atomic E-state index is 10.8. The van der Waals surface area contributed by atoms with Crippen LogP contribution in [0.1, 0.15) is 27.0 Å². The molecule has 5 nitrogen and oxygen atoms in total. The van der Waals surface area contributed by atoms with E-state index in [1.54, 1.807) is 26.4 Å². The minimum Gasteiger partial charge on any atom is -0.545 e. The number of carboxylic acid groups (broad SMARTS) is 1. The van der Waals surface area contributed by atoms with Gasteiger partial charge in [0.2, 0.25) is 0 Å². The lowest BCUT2D eigenvalue weighted by Gasteiger charge is -2.27. The second kappa shape index (κ2) is 6.93. The van der Waals surface area contributed by atoms with Gasteiger partial charge in [0.1, 0.15) is 13.1 Å². The van der Waals surface area contributed by atoms with Crippen LogP contribution in [0.15, 0.2) is 36.4 Å². The monoisotopic (exact) mass is 327 g/mol. The summed E-state index contributed by atoms with van der Waals surface area (Å²) in [5.74, 6) is 0.398. The van der Waals surface area contributed by atoms with Crippen molar-refractivity contribution in [3.8, 4) is 11.5 Å². The van der Waals surface area contributed by atoms with Gasteiger partial charge in [-0.3, -0.25) is 0 Å². The van der Waals surface area contributed by atoms with Gasteiger partial charge in [-0.05, 0) is 23.3 Å². The van der Waals surface area contributed by atoms with Gasteiger partial charge >= 0.3 is 0 Å². The highest BCUT2D eigenvalue weighted by molar-refractivity contribution is 5.85. The van der Waals surface area contributed by atoms with Crippen LogP contribution in [0.25, 0.3) is 0 Å². The second-order valence-corrected chi connectivity index (χ2v) is 6.06. The van der Waals surface area contributed by atoms with E-state index in [1.165, 1.54) is 16.0 Å². The molecule has 126 valence electrons. The van der Waals surface area contributed by atoms with Crippen LogP contribution in [0.2, 0.25) is 0 Å². The molecule has 0 radical (unpaired) electrons. The molecule has 0 spiro atoms. The molecule has 3 rings (SSSR count). The third kappa shape index (κ3) is 3.36. The van der Waals surface area contributed by atoms with Gasteiger partial charge in [-0.1, -0.05) is 24.3 Å². The zero-order chi connectivity index (χ0) is 17.1. The average Bonchev–Trinajstić information content (AvgIpc) is 2.60. The molecule has 0 fully saturated rings. The zero-order valence-corrected chi connectivity index (χ0v) is 13.9. The van der Waals surface area contributed by atoms with Crippen molar-refractivity contribution in [2.45, 2.75) is 19.5 Å². The van der Waals surface area contributed by atoms with E-state index in [0.29, 0.717) is 0 Å². The number of methoxy groups -OCH3 is 2. The molecular weight excluding hydrogens is 306 g/mol. The Morgan fingerprint density at radius 2 is 1.71 bits per heavy atom. The summed E-state index contributed by atoms with van der Waals surface area (Å²) in [6.45, 7) is 2.81. The lowest BCUT2D eigenvalue weighted by Crippen LogP contribution is -3.10. The molecule has 1 N–H and O–H groups in total. The van der Waals surface area contributed by atoms with Gasteiger partial charge in [0.05, 0.1) is 26.7 Å². The van der Waals surface area contributed by atoms with Gasteiger partial charge in [-0.25, -0.2) is 0 Å². The molecule has 5 heteroatoms. The molecule has 0 saturated heterocycles. The van der Waals surface area contributed by atoms with E-state index in [-0.39, 0.29) is 5.56 Å². The molecule has 0 aromatic heterocycles. The third-order valence-electron chi connectivity index (χ3n) is 4.54. The van der Waals surface area contributed by atoms with Crippen molar-refractivity contribution in [3.05, 3.63) is 58.7 Å². The Morgan fingerprint density at radius 3 is 2.29 bits per heavy atom. The summed E-state index contributed by atoms with van der Waals surface area (Å²) in [7, 11) is 3.30. The number of nitrogens with one attached hydrogen (secondary N) is 1. The van der Waals surface area contributed by atoms with E-state index in [1.807, 2.05) is 12.1 Å². The second-order valence-electron chi connectivity index (χ2n) is 6.06. The lowest BCUT2D eigenvalue weighted by molar-refractivity contribution is -0.929. The van der Waals surface area contributed by atoms with E-state index in [0.717, 1.165) is 43.1 Å². The summed E-state index contributed by atoms with van der Waals surface area (Å²) < 4.78 is 10.8. The lowest BCUT2D eigenvalue weighted by atomic mass is 9.98. The van der Waals surface area contributed by atoms with Gasteiger partial charge in [0, 0.05) is 17.5 Å². The molecule has 2 aromatic rings. The van der Waals surface area contributed by atoms with Crippen LogP contribution in [-0.2, 0) is 19.5 Å². The molecule has 0 saturated carbocycles. The molecular formula is C19H21NO4. The Balaban J connectivity index is 1.73. The number of hydrogen-bond acceptors (Lipinski definition) is 4. The van der Waals surface area contributed by atoms with Crippen molar-refractivity contribution in [3.63, 3.8) is 0 Å². The van der Waals surface area contributed by atoms with Crippen LogP contribution < -0.4 is 19.5 Å². The fraction of sp³-hybridized carbons (Fsp3) is 0.316. The Hall–Kier alpha value is -2.53. The van der Waals surface area contributed by atoms with Crippen LogP contribution >= 0.6 is 0 Å². The van der Waals surface area contributed by atoms with E-state index in [2.05, 4.69) is 12.1 Å². The highest BCUT2D eigenvalue weighted by Gasteiger charge is 2.22. The molecule has 1 aliphatic heterocycles. The predicted octanol–water partition coefficient (Wildman–Crippen LogP) is 0.209. The topological polar surface area (TPSA) is 63.0 Å². The van der Waals surface area contributed by atoms with Crippen LogP contribution in [0.3, 0.4) is 0 Å². The van der Waals surface area contributed by atoms with Crippen LogP contribution in [0.5, 0.6) is 11.5 Å². The first-order chi connectivity index (χ1) is 11.6. The largest absolute Gasteiger partial charge is 0.545 e. The molecule has 0 bridgehead atoms. The maximum Gasteiger partial charge on any atom is 0.161 e. The first-order valence-electron chi connectivity index (χ1n) is 7.98. The number of benzene rings is 2. The van der Waals surface area contributed by atoms with E-state index >= 15 is 0 Å². The van der Waals surface area contributed by atoms with Crippen molar-refractivity contribution in [2.75, 3.05) is 20.8 Å². The van der Waals surface area contributed by atoms with Gasteiger partial charge in [0.25, 0.3) is 0 Å². The molecule has 0 amide bonds. The number of rotatable bonds is 5. The number of carboxylic acids is 1. The van der Waals surface area contributed by atoms with Crippen LogP contribution in [0.4, 0.5) is 0 Å². The Kier molecular flexibility index (Phi) is 4.71. The predicted molar refractivity (Wildman–Crippen MR) is 87.3 cm³/mol. The van der Waals surface area contributed by atoms with Crippen molar-refractivity contribution >= 4 is 5.97 Å². The summed E-state index contributed by atoms with van der Waals surface area (Å²) in [4.78, 5) is 12.3. The summed E-state index contributed by atoms with van der Waals surface area (Å²) in [5.41, 5.74) is 3.93. The van der Waals surface area contributed by atoms with E-state index in [9.17, 15) is 9.90 Å². The average molecular weight is 327 g/mol. The molecule has 1 aliphatic rings. The number of aromatic carboxylic acids is 1. The molecule has 1 atom stereocenters. The van der Waals surface area contributed by atoms with Crippen molar-refractivity contribution in [1.29, 1.82) is 0 Å². The first-order valence-corrected chi connectivity index (χ1v) is 7.98. The number of hydrogen-bond donors (Lipinski definition) is 1. The molecule has 1 unspecified atom stereocenters. The molecule has 24 heavy (non-hydrogen) atoms. The van der Waals surface area contributed by atoms with E-state index in [4.69, 9.17) is 9.47 Å². The number of quaternary nitrogens is 1. The van der Waals surface area contributed by atoms with Crippen molar-refractivity contribution in [2.24, 2.45) is 0 Å². The first kappa shape index (κ1) is 16.3. The molecule has 1 heterocycles. The zero-order valence-electron chi connectivity index (χ0n) is 13.9. The summed E-state index contributed by atoms with van der Waals surface area (Å²) >= 11 is 0. The highest BCUT2D eigenvalue weighted by atomic mass is 16.5. The van der Waals surface area contributed by atoms with Crippen LogP contribution in [0, 0.1) is 0 Å². The van der Waals surface area contributed by atoms with Crippen LogP contribution in [-0.4, -0.2) is 26.7 Å². The van der Waals surface area contributed by atoms with Gasteiger partial charge in [0.15, 0.2) is 11.5 Å². The number of fused-ring (bicyclic) bond motifs is 1. The quantitative estimate of drug-likeness (QED) is 0.853. The summed E-state index contributed by atoms with van der Waals surface area (Å²) in [6, 6.07) is 11.1. The minimum absolute atomic E-state index is 0.217. The van der Waals surface area contributed by atoms with E-state index < -0.39 is 5.97 Å².